The van der Waals surface area contributed by atoms with E-state index in [-0.39, 0.29) is 29.5 Å². The summed E-state index contributed by atoms with van der Waals surface area (Å²) in [4.78, 5) is 0. The summed E-state index contributed by atoms with van der Waals surface area (Å²) >= 11 is 0. The Morgan fingerprint density at radius 1 is 1.25 bits per heavy atom. The average Bonchev–Trinajstić information content (AvgIpc) is 2.40. The zero-order valence-electron chi connectivity index (χ0n) is 17.2. The van der Waals surface area contributed by atoms with E-state index < -0.39 is 0 Å². The molecule has 2 unspecified atom stereocenters. The van der Waals surface area contributed by atoms with Crippen LogP contribution < -0.4 is 5.73 Å². The number of hydrogen-bond acceptors (Lipinski definition) is 1. The molecule has 1 rings (SSSR count). The zero-order chi connectivity index (χ0) is 17.7. The van der Waals surface area contributed by atoms with Gasteiger partial charge in [0.1, 0.15) is 0 Å². The van der Waals surface area contributed by atoms with Gasteiger partial charge in [0.15, 0.2) is 0 Å². The fourth-order valence-electron chi connectivity index (χ4n) is 4.32. The summed E-state index contributed by atoms with van der Waals surface area (Å²) in [5.74, 6) is 1.09. The highest BCUT2D eigenvalue weighted by Gasteiger charge is 2.30. The van der Waals surface area contributed by atoms with Crippen molar-refractivity contribution in [3.63, 3.8) is 0 Å². The number of rotatable bonds is 8. The summed E-state index contributed by atoms with van der Waals surface area (Å²) in [5.41, 5.74) is 9.88. The van der Waals surface area contributed by atoms with E-state index in [0.29, 0.717) is 17.3 Å². The standard InChI is InChI=1S/C22H41N.HI/c1-8-9-10-13-20(22(6,7)23)18(3)14-15-19-17(2)12-11-16-21(19,4)5;/h14-15,18,20H,8-13,16,23H2,1-7H3;1H. The maximum absolute atomic E-state index is 6.51. The molecule has 1 nitrogen and oxygen atoms in total. The summed E-state index contributed by atoms with van der Waals surface area (Å²) in [6, 6.07) is 0. The Kier molecular flexibility index (Phi) is 10.4. The molecule has 0 aromatic heterocycles. The maximum Gasteiger partial charge on any atom is 0.0131 e. The molecular formula is C22H42IN. The minimum atomic E-state index is -0.108. The van der Waals surface area contributed by atoms with Crippen molar-refractivity contribution in [3.8, 4) is 0 Å². The maximum atomic E-state index is 6.51. The van der Waals surface area contributed by atoms with Crippen molar-refractivity contribution in [3.05, 3.63) is 23.3 Å². The first-order chi connectivity index (χ1) is 10.6. The van der Waals surface area contributed by atoms with E-state index >= 15 is 0 Å². The minimum absolute atomic E-state index is 0. The van der Waals surface area contributed by atoms with Crippen LogP contribution in [0.5, 0.6) is 0 Å². The summed E-state index contributed by atoms with van der Waals surface area (Å²) in [7, 11) is 0. The first kappa shape index (κ1) is 24.2. The molecule has 2 atom stereocenters. The lowest BCUT2D eigenvalue weighted by Gasteiger charge is -2.36. The molecule has 24 heavy (non-hydrogen) atoms. The molecule has 1 aliphatic carbocycles. The van der Waals surface area contributed by atoms with E-state index in [0.717, 1.165) is 0 Å². The SMILES string of the molecule is CCCCCC(C(C)C=CC1=C(C)CCCC1(C)C)C(C)(C)N.I. The van der Waals surface area contributed by atoms with E-state index in [1.54, 1.807) is 11.1 Å². The zero-order valence-corrected chi connectivity index (χ0v) is 19.6. The minimum Gasteiger partial charge on any atom is -0.325 e. The molecule has 0 aromatic rings. The summed E-state index contributed by atoms with van der Waals surface area (Å²) in [6.07, 6.45) is 13.9. The smallest absolute Gasteiger partial charge is 0.0131 e. The van der Waals surface area contributed by atoms with Crippen LogP contribution in [0.25, 0.3) is 0 Å². The topological polar surface area (TPSA) is 26.0 Å². The fourth-order valence-corrected chi connectivity index (χ4v) is 4.32. The van der Waals surface area contributed by atoms with Crippen LogP contribution in [0.1, 0.15) is 93.4 Å². The Bertz CT molecular complexity index is 426. The van der Waals surface area contributed by atoms with Gasteiger partial charge in [-0.2, -0.15) is 0 Å². The number of halogens is 1. The Balaban J connectivity index is 0.00000529. The van der Waals surface area contributed by atoms with Crippen LogP contribution in [0.2, 0.25) is 0 Å². The Labute approximate surface area is 169 Å². The Morgan fingerprint density at radius 2 is 1.88 bits per heavy atom. The Hall–Kier alpha value is 0.170. The van der Waals surface area contributed by atoms with Gasteiger partial charge in [0.25, 0.3) is 0 Å². The molecule has 2 N–H and O–H groups in total. The molecule has 0 amide bonds. The van der Waals surface area contributed by atoms with Crippen molar-refractivity contribution >= 4 is 24.0 Å². The van der Waals surface area contributed by atoms with Crippen molar-refractivity contribution in [2.24, 2.45) is 23.0 Å². The van der Waals surface area contributed by atoms with Crippen LogP contribution in [0.15, 0.2) is 23.3 Å². The van der Waals surface area contributed by atoms with Crippen molar-refractivity contribution < 1.29 is 0 Å². The molecule has 0 saturated carbocycles. The van der Waals surface area contributed by atoms with Gasteiger partial charge in [-0.1, -0.05) is 64.7 Å². The number of unbranched alkanes of at least 4 members (excludes halogenated alkanes) is 2. The number of hydrogen-bond donors (Lipinski definition) is 1. The molecule has 0 fully saturated rings. The van der Waals surface area contributed by atoms with E-state index in [9.17, 15) is 0 Å². The van der Waals surface area contributed by atoms with Gasteiger partial charge in [-0.15, -0.1) is 24.0 Å². The van der Waals surface area contributed by atoms with Gasteiger partial charge in [-0.25, -0.2) is 0 Å². The molecule has 0 spiro atoms. The largest absolute Gasteiger partial charge is 0.325 e. The van der Waals surface area contributed by atoms with Crippen molar-refractivity contribution in [2.75, 3.05) is 0 Å². The van der Waals surface area contributed by atoms with Crippen LogP contribution in [0.4, 0.5) is 0 Å². The summed E-state index contributed by atoms with van der Waals surface area (Å²) in [6.45, 7) is 16.1. The van der Waals surface area contributed by atoms with E-state index in [4.69, 9.17) is 5.73 Å². The van der Waals surface area contributed by atoms with Gasteiger partial charge in [-0.05, 0) is 69.3 Å². The molecule has 0 aliphatic heterocycles. The van der Waals surface area contributed by atoms with Gasteiger partial charge in [0.05, 0.1) is 0 Å². The molecule has 0 saturated heterocycles. The van der Waals surface area contributed by atoms with Crippen LogP contribution in [0, 0.1) is 17.3 Å². The first-order valence-corrected chi connectivity index (χ1v) is 9.77. The monoisotopic (exact) mass is 447 g/mol. The van der Waals surface area contributed by atoms with Crippen LogP contribution in [0.3, 0.4) is 0 Å². The molecule has 0 radical (unpaired) electrons. The molecule has 2 heteroatoms. The molecule has 0 aromatic carbocycles. The molecule has 0 heterocycles. The average molecular weight is 447 g/mol. The highest BCUT2D eigenvalue weighted by molar-refractivity contribution is 14.0. The second-order valence-electron chi connectivity index (χ2n) is 9.07. The number of allylic oxidation sites excluding steroid dienone is 4. The predicted octanol–water partition coefficient (Wildman–Crippen LogP) is 7.26. The van der Waals surface area contributed by atoms with Crippen molar-refractivity contribution in [2.45, 2.75) is 99.0 Å². The van der Waals surface area contributed by atoms with Gasteiger partial charge < -0.3 is 5.73 Å². The highest BCUT2D eigenvalue weighted by atomic mass is 127. The fraction of sp³-hybridized carbons (Fsp3) is 0.818. The molecule has 1 aliphatic rings. The van der Waals surface area contributed by atoms with Gasteiger partial charge in [0.2, 0.25) is 0 Å². The van der Waals surface area contributed by atoms with E-state index in [1.165, 1.54) is 44.9 Å². The number of nitrogens with two attached hydrogens (primary N) is 1. The summed E-state index contributed by atoms with van der Waals surface area (Å²) < 4.78 is 0. The third-order valence-electron chi connectivity index (χ3n) is 5.82. The summed E-state index contributed by atoms with van der Waals surface area (Å²) in [5, 5.41) is 0. The van der Waals surface area contributed by atoms with Crippen molar-refractivity contribution in [1.82, 2.24) is 0 Å². The lowest BCUT2D eigenvalue weighted by atomic mass is 9.71. The van der Waals surface area contributed by atoms with E-state index in [2.05, 4.69) is 60.6 Å². The van der Waals surface area contributed by atoms with Gasteiger partial charge in [0, 0.05) is 5.54 Å². The normalized spacial score (nSPS) is 20.8. The van der Waals surface area contributed by atoms with Crippen LogP contribution in [-0.2, 0) is 0 Å². The molecular weight excluding hydrogens is 405 g/mol. The second-order valence-corrected chi connectivity index (χ2v) is 9.07. The first-order valence-electron chi connectivity index (χ1n) is 9.77. The third kappa shape index (κ3) is 7.19. The van der Waals surface area contributed by atoms with Crippen molar-refractivity contribution in [1.29, 1.82) is 0 Å². The van der Waals surface area contributed by atoms with Crippen LogP contribution >= 0.6 is 24.0 Å². The molecule has 0 bridgehead atoms. The lowest BCUT2D eigenvalue weighted by molar-refractivity contribution is 0.240. The Morgan fingerprint density at radius 3 is 2.38 bits per heavy atom. The lowest BCUT2D eigenvalue weighted by Crippen LogP contribution is -2.43. The van der Waals surface area contributed by atoms with E-state index in [1.807, 2.05) is 0 Å². The van der Waals surface area contributed by atoms with Gasteiger partial charge >= 0.3 is 0 Å². The van der Waals surface area contributed by atoms with Crippen LogP contribution in [-0.4, -0.2) is 5.54 Å². The molecule has 142 valence electrons. The van der Waals surface area contributed by atoms with Gasteiger partial charge in [-0.3, -0.25) is 0 Å². The quantitative estimate of drug-likeness (QED) is 0.308. The second kappa shape index (κ2) is 10.4. The highest BCUT2D eigenvalue weighted by Crippen LogP contribution is 2.41. The predicted molar refractivity (Wildman–Crippen MR) is 120 cm³/mol. The third-order valence-corrected chi connectivity index (χ3v) is 5.82.